The molecule has 5 N–H and O–H groups in total. The van der Waals surface area contributed by atoms with Gasteiger partial charge in [0.2, 0.25) is 12.3 Å². The van der Waals surface area contributed by atoms with E-state index in [1.807, 2.05) is 19.8 Å². The van der Waals surface area contributed by atoms with Gasteiger partial charge in [-0.1, -0.05) is 38.5 Å². The Morgan fingerprint density at radius 3 is 2.45 bits per heavy atom. The molecular weight excluding hydrogens is 630 g/mol. The number of methoxy groups -OCH3 is 1. The number of carbonyl (C=O) groups is 3. The number of amides is 1. The van der Waals surface area contributed by atoms with Crippen LogP contribution in [0, 0.1) is 24.7 Å². The maximum Gasteiger partial charge on any atom is 0.509 e. The SMILES string of the molecule is C#CCOC.C#CCOC(=O)O[C@H]1C(COC=O)O[C@@H](n2ccc(NC(=O)OC/C(N)=C/N(N)C3CCCC3)nc2=O)C1(F)F.CC. The van der Waals surface area contributed by atoms with Crippen LogP contribution in [0.15, 0.2) is 29.0 Å². The smallest absolute Gasteiger partial charge is 0.465 e. The topological polar surface area (TPSA) is 209 Å². The second-order valence-electron chi connectivity index (χ2n) is 9.34. The number of nitrogens with zero attached hydrogens (tertiary/aromatic N) is 3. The molecule has 0 aromatic carbocycles. The Labute approximate surface area is 270 Å². The van der Waals surface area contributed by atoms with E-state index in [-0.39, 0.29) is 30.6 Å². The molecule has 1 aromatic rings. The number of hydrogen-bond donors (Lipinski definition) is 3. The molecule has 47 heavy (non-hydrogen) atoms. The van der Waals surface area contributed by atoms with Crippen molar-refractivity contribution in [2.45, 2.75) is 69.9 Å². The first-order valence-corrected chi connectivity index (χ1v) is 14.3. The predicted octanol–water partition coefficient (Wildman–Crippen LogP) is 1.86. The van der Waals surface area contributed by atoms with Crippen molar-refractivity contribution >= 4 is 24.5 Å². The number of hydrazine groups is 1. The zero-order valence-corrected chi connectivity index (χ0v) is 26.3. The van der Waals surface area contributed by atoms with Gasteiger partial charge < -0.3 is 39.2 Å². The zero-order chi connectivity index (χ0) is 35.4. The molecule has 3 rings (SSSR count). The van der Waals surface area contributed by atoms with E-state index in [0.717, 1.165) is 37.9 Å². The van der Waals surface area contributed by atoms with E-state index in [1.54, 1.807) is 7.11 Å². The number of carbonyl (C=O) groups excluding carboxylic acids is 3. The summed E-state index contributed by atoms with van der Waals surface area (Å²) in [6.45, 7) is 2.78. The van der Waals surface area contributed by atoms with Crippen molar-refractivity contribution in [3.63, 3.8) is 0 Å². The summed E-state index contributed by atoms with van der Waals surface area (Å²) in [6.07, 6.45) is 7.13. The van der Waals surface area contributed by atoms with Gasteiger partial charge in [-0.3, -0.25) is 14.7 Å². The second kappa shape index (κ2) is 21.0. The second-order valence-corrected chi connectivity index (χ2v) is 9.34. The van der Waals surface area contributed by atoms with E-state index in [1.165, 1.54) is 11.2 Å². The predicted molar refractivity (Wildman–Crippen MR) is 162 cm³/mol. The van der Waals surface area contributed by atoms with Gasteiger partial charge in [-0.05, 0) is 18.9 Å². The summed E-state index contributed by atoms with van der Waals surface area (Å²) in [6, 6.07) is 1.17. The molecule has 0 spiro atoms. The Morgan fingerprint density at radius 1 is 1.23 bits per heavy atom. The van der Waals surface area contributed by atoms with Crippen LogP contribution in [0.25, 0.3) is 0 Å². The lowest BCUT2D eigenvalue weighted by molar-refractivity contribution is -0.146. The first-order valence-electron chi connectivity index (χ1n) is 14.3. The first-order chi connectivity index (χ1) is 22.5. The lowest BCUT2D eigenvalue weighted by Crippen LogP contribution is -2.44. The maximum absolute atomic E-state index is 15.2. The number of ether oxygens (including phenoxy) is 6. The van der Waals surface area contributed by atoms with E-state index >= 15 is 8.78 Å². The Morgan fingerprint density at radius 2 is 1.89 bits per heavy atom. The quantitative estimate of drug-likeness (QED) is 0.0725. The third-order valence-corrected chi connectivity index (χ3v) is 6.15. The van der Waals surface area contributed by atoms with Gasteiger partial charge in [0.1, 0.15) is 31.7 Å². The third kappa shape index (κ3) is 12.8. The van der Waals surface area contributed by atoms with Gasteiger partial charge in [0.25, 0.3) is 6.47 Å². The molecule has 2 aliphatic rings. The maximum atomic E-state index is 15.2. The number of nitrogens with one attached hydrogen (secondary N) is 1. The van der Waals surface area contributed by atoms with Crippen molar-refractivity contribution in [3.05, 3.63) is 34.6 Å². The van der Waals surface area contributed by atoms with Gasteiger partial charge in [-0.15, -0.1) is 12.8 Å². The van der Waals surface area contributed by atoms with Gasteiger partial charge in [0, 0.05) is 25.5 Å². The van der Waals surface area contributed by atoms with Crippen LogP contribution >= 0.6 is 0 Å². The van der Waals surface area contributed by atoms with E-state index in [9.17, 15) is 19.2 Å². The molecule has 260 valence electrons. The summed E-state index contributed by atoms with van der Waals surface area (Å²) >= 11 is 0. The normalized spacial score (nSPS) is 19.7. The van der Waals surface area contributed by atoms with E-state index in [0.29, 0.717) is 11.2 Å². The summed E-state index contributed by atoms with van der Waals surface area (Å²) in [5.74, 6) is 5.85. The number of alkyl halides is 2. The molecule has 3 atom stereocenters. The number of anilines is 1. The minimum Gasteiger partial charge on any atom is -0.465 e. The lowest BCUT2D eigenvalue weighted by Gasteiger charge is -2.23. The van der Waals surface area contributed by atoms with Gasteiger partial charge in [0.15, 0.2) is 6.61 Å². The highest BCUT2D eigenvalue weighted by Gasteiger charge is 2.63. The summed E-state index contributed by atoms with van der Waals surface area (Å²) in [4.78, 5) is 50.5. The molecule has 16 nitrogen and oxygen atoms in total. The van der Waals surface area contributed by atoms with Crippen molar-refractivity contribution in [3.8, 4) is 24.7 Å². The average Bonchev–Trinajstić information content (AvgIpc) is 3.67. The molecule has 1 saturated heterocycles. The highest BCUT2D eigenvalue weighted by molar-refractivity contribution is 5.83. The Bertz CT molecular complexity index is 1320. The number of aromatic nitrogens is 2. The van der Waals surface area contributed by atoms with Gasteiger partial charge in [-0.2, -0.15) is 13.8 Å². The molecule has 0 bridgehead atoms. The van der Waals surface area contributed by atoms with Gasteiger partial charge >= 0.3 is 23.9 Å². The van der Waals surface area contributed by atoms with Crippen LogP contribution in [0.3, 0.4) is 0 Å². The minimum atomic E-state index is -4.02. The highest BCUT2D eigenvalue weighted by atomic mass is 19.3. The Hall–Kier alpha value is -4.91. The van der Waals surface area contributed by atoms with Crippen LogP contribution in [0.5, 0.6) is 0 Å². The molecule has 1 saturated carbocycles. The van der Waals surface area contributed by atoms with Crippen molar-refractivity contribution < 1.29 is 51.6 Å². The number of nitrogens with two attached hydrogens (primary N) is 2. The molecule has 1 aliphatic heterocycles. The Kier molecular flexibility index (Phi) is 17.9. The molecular formula is C29H40F2N6O10. The van der Waals surface area contributed by atoms with Crippen molar-refractivity contribution in [1.82, 2.24) is 14.6 Å². The fourth-order valence-corrected chi connectivity index (χ4v) is 4.19. The van der Waals surface area contributed by atoms with Crippen molar-refractivity contribution in [2.24, 2.45) is 11.6 Å². The highest BCUT2D eigenvalue weighted by Crippen LogP contribution is 2.44. The number of terminal acetylenes is 2. The van der Waals surface area contributed by atoms with Gasteiger partial charge in [0.05, 0.1) is 5.70 Å². The summed E-state index contributed by atoms with van der Waals surface area (Å²) in [5.41, 5.74) is 4.74. The monoisotopic (exact) mass is 670 g/mol. The standard InChI is InChI=1S/C23H28F2N6O9.C4H6O.C2H6/c1-2-9-37-22(35)40-18-16(12-36-13-32)39-19(23(18,24)25)30-8-7-17(28-20(30)33)29-21(34)38-11-14(26)10-31(27)15-5-3-4-6-15;1-3-4-5-2;1-2/h1,7-8,10,13,15-16,18-19H,3-6,9,11-12,26-27H2,(H,28,29,33,34);1H,4H2,2H3;1-2H3/b14-10-;;/t16?,18-,19+;;/m0../s1. The van der Waals surface area contributed by atoms with Crippen LogP contribution < -0.4 is 22.6 Å². The van der Waals surface area contributed by atoms with E-state index in [2.05, 4.69) is 35.2 Å². The summed E-state index contributed by atoms with van der Waals surface area (Å²) in [5, 5.41) is 3.64. The number of halogens is 2. The number of hydrogen-bond acceptors (Lipinski definition) is 14. The fourth-order valence-electron chi connectivity index (χ4n) is 4.19. The van der Waals surface area contributed by atoms with Crippen LogP contribution in [-0.2, 0) is 33.2 Å². The van der Waals surface area contributed by atoms with Crippen LogP contribution in [0.4, 0.5) is 24.2 Å². The molecule has 2 heterocycles. The largest absolute Gasteiger partial charge is 0.509 e. The van der Waals surface area contributed by atoms with Crippen LogP contribution in [0.2, 0.25) is 0 Å². The molecule has 1 unspecified atom stereocenters. The minimum absolute atomic E-state index is 0.0269. The number of rotatable bonds is 12. The molecule has 1 amide bonds. The van der Waals surface area contributed by atoms with Crippen LogP contribution in [-0.4, -0.2) is 91.0 Å². The van der Waals surface area contributed by atoms with E-state index < -0.39 is 55.5 Å². The summed E-state index contributed by atoms with van der Waals surface area (Å²) in [7, 11) is 1.57. The lowest BCUT2D eigenvalue weighted by atomic mass is 10.1. The Balaban J connectivity index is 0.00000144. The fraction of sp³-hybridized carbons (Fsp3) is 0.552. The molecule has 1 aliphatic carbocycles. The van der Waals surface area contributed by atoms with Crippen molar-refractivity contribution in [1.29, 1.82) is 0 Å². The zero-order valence-electron chi connectivity index (χ0n) is 26.3. The molecule has 2 fully saturated rings. The van der Waals surface area contributed by atoms with Crippen LogP contribution in [0.1, 0.15) is 45.8 Å². The van der Waals surface area contributed by atoms with E-state index in [4.69, 9.17) is 33.9 Å². The van der Waals surface area contributed by atoms with Gasteiger partial charge in [-0.25, -0.2) is 20.2 Å². The third-order valence-electron chi connectivity index (χ3n) is 6.15. The molecule has 0 radical (unpaired) electrons. The molecule has 1 aromatic heterocycles. The average molecular weight is 671 g/mol. The van der Waals surface area contributed by atoms with Crippen molar-refractivity contribution in [2.75, 3.05) is 38.9 Å². The first kappa shape index (κ1) is 40.1. The summed E-state index contributed by atoms with van der Waals surface area (Å²) < 4.78 is 59.0. The molecule has 18 heteroatoms.